The van der Waals surface area contributed by atoms with E-state index in [2.05, 4.69) is 37.2 Å². The Morgan fingerprint density at radius 3 is 1.46 bits per heavy atom. The molecule has 7 amide bonds. The van der Waals surface area contributed by atoms with Crippen molar-refractivity contribution in [1.82, 2.24) is 37.2 Å². The summed E-state index contributed by atoms with van der Waals surface area (Å²) in [4.78, 5) is 106. The zero-order valence-electron chi connectivity index (χ0n) is 37.4. The van der Waals surface area contributed by atoms with Gasteiger partial charge in [0, 0.05) is 6.42 Å². The summed E-state index contributed by atoms with van der Waals surface area (Å²) in [5.74, 6) is -7.55. The van der Waals surface area contributed by atoms with Crippen LogP contribution in [0, 0.1) is 11.8 Å². The van der Waals surface area contributed by atoms with E-state index in [-0.39, 0.29) is 44.0 Å². The maximum absolute atomic E-state index is 14.2. The van der Waals surface area contributed by atoms with Crippen LogP contribution in [-0.2, 0) is 44.8 Å². The number of hydrogen-bond donors (Lipinski definition) is 13. The van der Waals surface area contributed by atoms with Crippen molar-refractivity contribution in [3.63, 3.8) is 0 Å². The minimum absolute atomic E-state index is 0.0557. The number of aromatic hydroxyl groups is 1. The number of aliphatic hydroxyl groups is 1. The van der Waals surface area contributed by atoms with Crippen molar-refractivity contribution in [3.8, 4) is 5.75 Å². The third-order valence-electron chi connectivity index (χ3n) is 10.8. The molecule has 0 aromatic heterocycles. The highest BCUT2D eigenvalue weighted by molar-refractivity contribution is 5.97. The monoisotopic (exact) mass is 893 g/mol. The van der Waals surface area contributed by atoms with Crippen molar-refractivity contribution in [2.45, 2.75) is 148 Å². The second-order valence-electron chi connectivity index (χ2n) is 15.9. The molecule has 1 aromatic carbocycles. The molecule has 0 unspecified atom stereocenters. The molecule has 1 rings (SSSR count). The number of phenolic OH excluding ortho intramolecular Hbond substituents is 1. The van der Waals surface area contributed by atoms with Gasteiger partial charge in [-0.25, -0.2) is 4.79 Å². The van der Waals surface area contributed by atoms with Crippen LogP contribution in [0.4, 0.5) is 0 Å². The zero-order chi connectivity index (χ0) is 47.8. The lowest BCUT2D eigenvalue weighted by Gasteiger charge is -2.29. The van der Waals surface area contributed by atoms with E-state index < -0.39 is 102 Å². The van der Waals surface area contributed by atoms with Crippen molar-refractivity contribution in [1.29, 1.82) is 0 Å². The molecule has 0 heterocycles. The maximum Gasteiger partial charge on any atom is 0.326 e. The van der Waals surface area contributed by atoms with Gasteiger partial charge in [0.25, 0.3) is 0 Å². The molecule has 356 valence electrons. The lowest BCUT2D eigenvalue weighted by Crippen LogP contribution is -2.62. The number of carbonyl (C=O) groups excluding carboxylic acids is 7. The molecule has 0 aliphatic rings. The first kappa shape index (κ1) is 55.6. The Labute approximate surface area is 369 Å². The first-order chi connectivity index (χ1) is 29.7. The summed E-state index contributed by atoms with van der Waals surface area (Å²) in [7, 11) is 0. The van der Waals surface area contributed by atoms with Gasteiger partial charge in [-0.2, -0.15) is 0 Å². The number of nitrogens with two attached hydrogens (primary N) is 3. The molecular formula is C42H72N10O11. The summed E-state index contributed by atoms with van der Waals surface area (Å²) < 4.78 is 0. The molecular weight excluding hydrogens is 821 g/mol. The molecule has 0 saturated carbocycles. The maximum atomic E-state index is 14.2. The third kappa shape index (κ3) is 19.7. The van der Waals surface area contributed by atoms with Crippen LogP contribution in [0.5, 0.6) is 5.75 Å². The SMILES string of the molecule is CC[C@H](C)[C@H](NC(=O)[C@H](CCCCN)NC(=O)[C@H](CCCCN)NC(=O)[C@H](Cc1ccc(O)cc1)NC(=O)[C@@H](NC(=O)[C@H](C)NC(=O)[C@@H](NC(=O)CN)[C@@H](C)CC)[C@@H](C)O)C(=O)O. The van der Waals surface area contributed by atoms with Crippen molar-refractivity contribution in [2.75, 3.05) is 19.6 Å². The Kier molecular flexibility index (Phi) is 25.7. The van der Waals surface area contributed by atoms with Crippen molar-refractivity contribution in [2.24, 2.45) is 29.0 Å². The van der Waals surface area contributed by atoms with Crippen LogP contribution in [0.15, 0.2) is 24.3 Å². The molecule has 21 heteroatoms. The number of nitrogens with one attached hydrogen (secondary N) is 7. The second-order valence-corrected chi connectivity index (χ2v) is 15.9. The summed E-state index contributed by atoms with van der Waals surface area (Å²) in [6.45, 7) is 9.78. The highest BCUT2D eigenvalue weighted by Crippen LogP contribution is 2.14. The van der Waals surface area contributed by atoms with Gasteiger partial charge >= 0.3 is 5.97 Å². The lowest BCUT2D eigenvalue weighted by atomic mass is 9.98. The Hall–Kier alpha value is -5.38. The minimum Gasteiger partial charge on any atom is -0.508 e. The van der Waals surface area contributed by atoms with Crippen LogP contribution in [0.1, 0.15) is 98.5 Å². The van der Waals surface area contributed by atoms with Gasteiger partial charge in [0.15, 0.2) is 0 Å². The van der Waals surface area contributed by atoms with E-state index in [0.717, 1.165) is 0 Å². The third-order valence-corrected chi connectivity index (χ3v) is 10.8. The Balaban J connectivity index is 3.45. The average Bonchev–Trinajstić information content (AvgIpc) is 3.24. The summed E-state index contributed by atoms with van der Waals surface area (Å²) in [5, 5.41) is 48.2. The van der Waals surface area contributed by atoms with Gasteiger partial charge in [0.2, 0.25) is 41.4 Å². The molecule has 0 fully saturated rings. The van der Waals surface area contributed by atoms with Gasteiger partial charge < -0.3 is 69.7 Å². The summed E-state index contributed by atoms with van der Waals surface area (Å²) in [6.07, 6.45) is 1.18. The van der Waals surface area contributed by atoms with Crippen molar-refractivity contribution in [3.05, 3.63) is 29.8 Å². The molecule has 0 aliphatic carbocycles. The van der Waals surface area contributed by atoms with Crippen LogP contribution in [0.3, 0.4) is 0 Å². The fourth-order valence-electron chi connectivity index (χ4n) is 6.33. The normalized spacial score (nSPS) is 15.9. The average molecular weight is 893 g/mol. The predicted octanol–water partition coefficient (Wildman–Crippen LogP) is -1.88. The number of amides is 7. The summed E-state index contributed by atoms with van der Waals surface area (Å²) >= 11 is 0. The van der Waals surface area contributed by atoms with E-state index in [1.54, 1.807) is 20.8 Å². The van der Waals surface area contributed by atoms with Crippen molar-refractivity contribution < 1.29 is 53.7 Å². The standard InChI is InChI=1S/C42H72N10O11/c1-7-23(3)33(50-32(55)22-45)40(60)46-25(5)36(56)52-35(26(6)53)41(61)49-31(21-27-15-17-28(54)18-16-27)39(59)48-29(13-9-11-19-43)37(57)47-30(14-10-12-20-44)38(58)51-34(42(62)63)24(4)8-2/h15-18,23-26,29-31,33-35,53-54H,7-14,19-22,43-45H2,1-6H3,(H,46,60)(H,47,57)(H,48,59)(H,49,61)(H,50,55)(H,51,58)(H,52,56)(H,62,63)/t23-,24-,25-,26+,29-,30-,31-,33-,34-,35-/m0/s1. The predicted molar refractivity (Wildman–Crippen MR) is 234 cm³/mol. The van der Waals surface area contributed by atoms with Gasteiger partial charge in [-0.1, -0.05) is 52.7 Å². The first-order valence-corrected chi connectivity index (χ1v) is 21.6. The minimum atomic E-state index is -1.66. The number of aliphatic carboxylic acids is 1. The number of carboxylic acid groups (broad SMARTS) is 1. The van der Waals surface area contributed by atoms with Gasteiger partial charge in [-0.3, -0.25) is 33.6 Å². The van der Waals surface area contributed by atoms with Crippen LogP contribution >= 0.6 is 0 Å². The number of hydrogen-bond acceptors (Lipinski definition) is 13. The Morgan fingerprint density at radius 1 is 0.556 bits per heavy atom. The topological polar surface area (TPSA) is 360 Å². The van der Waals surface area contributed by atoms with E-state index in [9.17, 15) is 53.7 Å². The number of carbonyl (C=O) groups is 8. The molecule has 0 aliphatic heterocycles. The van der Waals surface area contributed by atoms with E-state index in [1.165, 1.54) is 38.1 Å². The van der Waals surface area contributed by atoms with Gasteiger partial charge in [0.1, 0.15) is 48.0 Å². The van der Waals surface area contributed by atoms with Crippen LogP contribution in [-0.4, -0.2) is 131 Å². The largest absolute Gasteiger partial charge is 0.508 e. The molecule has 21 nitrogen and oxygen atoms in total. The number of unbranched alkanes of at least 4 members (excludes halogenated alkanes) is 2. The Morgan fingerprint density at radius 2 is 1.00 bits per heavy atom. The second kappa shape index (κ2) is 29.1. The van der Waals surface area contributed by atoms with Crippen LogP contribution < -0.4 is 54.4 Å². The molecule has 0 saturated heterocycles. The van der Waals surface area contributed by atoms with Gasteiger partial charge in [-0.15, -0.1) is 0 Å². The number of phenols is 1. The number of aliphatic hydroxyl groups excluding tert-OH is 1. The quantitative estimate of drug-likeness (QED) is 0.0376. The van der Waals surface area contributed by atoms with E-state index in [1.807, 2.05) is 6.92 Å². The number of benzene rings is 1. The lowest BCUT2D eigenvalue weighted by molar-refractivity contribution is -0.144. The first-order valence-electron chi connectivity index (χ1n) is 21.6. The van der Waals surface area contributed by atoms with E-state index in [0.29, 0.717) is 50.6 Å². The molecule has 10 atom stereocenters. The fraction of sp³-hybridized carbons (Fsp3) is 0.667. The summed E-state index contributed by atoms with van der Waals surface area (Å²) in [5.41, 5.74) is 17.3. The molecule has 0 spiro atoms. The van der Waals surface area contributed by atoms with Crippen LogP contribution in [0.25, 0.3) is 0 Å². The zero-order valence-corrected chi connectivity index (χ0v) is 37.4. The van der Waals surface area contributed by atoms with Crippen LogP contribution in [0.2, 0.25) is 0 Å². The highest BCUT2D eigenvalue weighted by atomic mass is 16.4. The van der Waals surface area contributed by atoms with Gasteiger partial charge in [-0.05, 0) is 95.0 Å². The number of carboxylic acids is 1. The Bertz CT molecular complexity index is 1650. The van der Waals surface area contributed by atoms with Crippen molar-refractivity contribution >= 4 is 47.3 Å². The summed E-state index contributed by atoms with van der Waals surface area (Å²) in [6, 6.07) is -3.34. The highest BCUT2D eigenvalue weighted by Gasteiger charge is 2.35. The van der Waals surface area contributed by atoms with E-state index in [4.69, 9.17) is 17.2 Å². The smallest absolute Gasteiger partial charge is 0.326 e. The molecule has 1 aromatic rings. The van der Waals surface area contributed by atoms with Gasteiger partial charge in [0.05, 0.1) is 12.6 Å². The molecule has 0 radical (unpaired) electrons. The fourth-order valence-corrected chi connectivity index (χ4v) is 6.33. The molecule has 63 heavy (non-hydrogen) atoms. The molecule has 16 N–H and O–H groups in total. The molecule has 0 bridgehead atoms. The number of rotatable bonds is 30. The van der Waals surface area contributed by atoms with E-state index >= 15 is 0 Å².